The number of nitrogens with zero attached hydrogens (tertiary/aromatic N) is 1. The molecule has 2 aliphatic carbocycles. The van der Waals surface area contributed by atoms with E-state index in [9.17, 15) is 10.3 Å². The minimum atomic E-state index is -1.07. The Hall–Kier alpha value is -1.35. The first-order valence-corrected chi connectivity index (χ1v) is 7.23. The Morgan fingerprint density at radius 3 is 2.42 bits per heavy atom. The van der Waals surface area contributed by atoms with E-state index in [4.69, 9.17) is 0 Å². The van der Waals surface area contributed by atoms with Crippen molar-refractivity contribution in [2.75, 3.05) is 0 Å². The summed E-state index contributed by atoms with van der Waals surface area (Å²) in [7, 11) is 0. The predicted molar refractivity (Wildman–Crippen MR) is 74.2 cm³/mol. The molecule has 3 heteroatoms. The summed E-state index contributed by atoms with van der Waals surface area (Å²) in [5.74, 6) is 1.15. The Balaban J connectivity index is 1.95. The standard InChI is InChI=1S/C16H21NO2/c18-16(14-8-2-1-3-9-14)11-13-7-5-4-6-12(13)10-15(16)17-19/h1-3,8-9,12-13,18-19H,4-7,10-11H2/b17-15+/t12-,13+,16+/m0/s1. The summed E-state index contributed by atoms with van der Waals surface area (Å²) in [6.45, 7) is 0. The normalized spacial score (nSPS) is 37.0. The van der Waals surface area contributed by atoms with Crippen molar-refractivity contribution in [1.29, 1.82) is 0 Å². The molecule has 19 heavy (non-hydrogen) atoms. The summed E-state index contributed by atoms with van der Waals surface area (Å²) in [4.78, 5) is 0. The molecule has 0 aromatic heterocycles. The molecular weight excluding hydrogens is 238 g/mol. The number of hydrogen-bond acceptors (Lipinski definition) is 3. The fraction of sp³-hybridized carbons (Fsp3) is 0.562. The minimum absolute atomic E-state index is 0.543. The zero-order valence-electron chi connectivity index (χ0n) is 11.1. The topological polar surface area (TPSA) is 52.8 Å². The second kappa shape index (κ2) is 4.97. The van der Waals surface area contributed by atoms with E-state index in [0.29, 0.717) is 24.0 Å². The van der Waals surface area contributed by atoms with Gasteiger partial charge >= 0.3 is 0 Å². The fourth-order valence-electron chi connectivity index (χ4n) is 3.86. The van der Waals surface area contributed by atoms with Crippen LogP contribution in [-0.4, -0.2) is 16.0 Å². The third kappa shape index (κ3) is 2.16. The van der Waals surface area contributed by atoms with Crippen LogP contribution in [0.4, 0.5) is 0 Å². The largest absolute Gasteiger partial charge is 0.411 e. The molecule has 2 saturated carbocycles. The summed E-state index contributed by atoms with van der Waals surface area (Å²) in [6, 6.07) is 9.64. The highest BCUT2D eigenvalue weighted by Gasteiger charge is 2.46. The zero-order chi connectivity index (χ0) is 13.3. The minimum Gasteiger partial charge on any atom is -0.411 e. The zero-order valence-corrected chi connectivity index (χ0v) is 11.1. The van der Waals surface area contributed by atoms with E-state index in [1.54, 1.807) is 0 Å². The smallest absolute Gasteiger partial charge is 0.131 e. The number of rotatable bonds is 1. The summed E-state index contributed by atoms with van der Waals surface area (Å²) in [5.41, 5.74) is 0.322. The van der Waals surface area contributed by atoms with Gasteiger partial charge in [-0.15, -0.1) is 0 Å². The predicted octanol–water partition coefficient (Wildman–Crippen LogP) is 3.30. The van der Waals surface area contributed by atoms with E-state index < -0.39 is 5.60 Å². The van der Waals surface area contributed by atoms with Gasteiger partial charge in [-0.05, 0) is 36.7 Å². The summed E-state index contributed by atoms with van der Waals surface area (Å²) < 4.78 is 0. The SMILES string of the molecule is O/N=C1\C[C@@H]2CCCC[C@@H]2C[C@@]1(O)c1ccccc1. The van der Waals surface area contributed by atoms with Crippen LogP contribution in [0.1, 0.15) is 44.1 Å². The van der Waals surface area contributed by atoms with Gasteiger partial charge in [0, 0.05) is 0 Å². The first-order chi connectivity index (χ1) is 9.24. The van der Waals surface area contributed by atoms with Gasteiger partial charge in [-0.2, -0.15) is 0 Å². The molecular formula is C16H21NO2. The lowest BCUT2D eigenvalue weighted by molar-refractivity contribution is 0.0305. The van der Waals surface area contributed by atoms with Crippen LogP contribution in [-0.2, 0) is 5.60 Å². The van der Waals surface area contributed by atoms with Crippen LogP contribution < -0.4 is 0 Å². The molecule has 0 heterocycles. The van der Waals surface area contributed by atoms with Crippen LogP contribution in [0.3, 0.4) is 0 Å². The number of aliphatic hydroxyl groups is 1. The molecule has 2 N–H and O–H groups in total. The summed E-state index contributed by atoms with van der Waals surface area (Å²) in [5, 5.41) is 23.8. The first-order valence-electron chi connectivity index (χ1n) is 7.23. The lowest BCUT2D eigenvalue weighted by Crippen LogP contribution is -2.46. The van der Waals surface area contributed by atoms with Gasteiger partial charge in [0.05, 0.1) is 5.71 Å². The first kappa shape index (κ1) is 12.7. The van der Waals surface area contributed by atoms with Crippen molar-refractivity contribution in [3.63, 3.8) is 0 Å². The summed E-state index contributed by atoms with van der Waals surface area (Å²) in [6.07, 6.45) is 6.35. The van der Waals surface area contributed by atoms with Crippen molar-refractivity contribution in [3.05, 3.63) is 35.9 Å². The molecule has 3 rings (SSSR count). The molecule has 0 aliphatic heterocycles. The van der Waals surface area contributed by atoms with E-state index in [-0.39, 0.29) is 0 Å². The highest BCUT2D eigenvalue weighted by molar-refractivity contribution is 5.93. The highest BCUT2D eigenvalue weighted by Crippen LogP contribution is 2.46. The van der Waals surface area contributed by atoms with Crippen LogP contribution in [0.15, 0.2) is 35.5 Å². The maximum atomic E-state index is 11.1. The molecule has 0 amide bonds. The second-order valence-electron chi connectivity index (χ2n) is 5.99. The van der Waals surface area contributed by atoms with Crippen LogP contribution in [0.25, 0.3) is 0 Å². The van der Waals surface area contributed by atoms with Gasteiger partial charge in [0.25, 0.3) is 0 Å². The molecule has 0 saturated heterocycles. The monoisotopic (exact) mass is 259 g/mol. The second-order valence-corrected chi connectivity index (χ2v) is 5.99. The molecule has 0 spiro atoms. The van der Waals surface area contributed by atoms with Gasteiger partial charge in [0.2, 0.25) is 0 Å². The molecule has 0 radical (unpaired) electrons. The van der Waals surface area contributed by atoms with E-state index >= 15 is 0 Å². The quantitative estimate of drug-likeness (QED) is 0.600. The molecule has 3 atom stereocenters. The average molecular weight is 259 g/mol. The van der Waals surface area contributed by atoms with Gasteiger partial charge in [-0.25, -0.2) is 0 Å². The van der Waals surface area contributed by atoms with Gasteiger partial charge in [0.1, 0.15) is 5.60 Å². The van der Waals surface area contributed by atoms with Crippen molar-refractivity contribution < 1.29 is 10.3 Å². The molecule has 102 valence electrons. The third-order valence-electron chi connectivity index (χ3n) is 4.93. The lowest BCUT2D eigenvalue weighted by Gasteiger charge is -2.44. The fourth-order valence-corrected chi connectivity index (χ4v) is 3.86. The molecule has 1 aromatic rings. The maximum absolute atomic E-state index is 11.1. The Morgan fingerprint density at radius 1 is 1.05 bits per heavy atom. The summed E-state index contributed by atoms with van der Waals surface area (Å²) >= 11 is 0. The number of benzene rings is 1. The van der Waals surface area contributed by atoms with Crippen LogP contribution in [0.5, 0.6) is 0 Å². The molecule has 2 aliphatic rings. The molecule has 0 unspecified atom stereocenters. The van der Waals surface area contributed by atoms with Crippen molar-refractivity contribution in [3.8, 4) is 0 Å². The Morgan fingerprint density at radius 2 is 1.74 bits per heavy atom. The van der Waals surface area contributed by atoms with Crippen molar-refractivity contribution in [2.24, 2.45) is 17.0 Å². The van der Waals surface area contributed by atoms with Crippen LogP contribution in [0, 0.1) is 11.8 Å². The maximum Gasteiger partial charge on any atom is 0.131 e. The highest BCUT2D eigenvalue weighted by atomic mass is 16.4. The number of fused-ring (bicyclic) bond motifs is 1. The molecule has 3 nitrogen and oxygen atoms in total. The molecule has 0 bridgehead atoms. The molecule has 2 fully saturated rings. The van der Waals surface area contributed by atoms with Crippen molar-refractivity contribution >= 4 is 5.71 Å². The lowest BCUT2D eigenvalue weighted by atomic mass is 9.63. The Bertz CT molecular complexity index is 471. The van der Waals surface area contributed by atoms with Crippen LogP contribution >= 0.6 is 0 Å². The van der Waals surface area contributed by atoms with E-state index in [1.165, 1.54) is 25.7 Å². The van der Waals surface area contributed by atoms with Crippen molar-refractivity contribution in [2.45, 2.75) is 44.1 Å². The van der Waals surface area contributed by atoms with E-state index in [2.05, 4.69) is 5.16 Å². The van der Waals surface area contributed by atoms with E-state index in [1.807, 2.05) is 30.3 Å². The molecule has 1 aromatic carbocycles. The van der Waals surface area contributed by atoms with Crippen molar-refractivity contribution in [1.82, 2.24) is 0 Å². The van der Waals surface area contributed by atoms with Crippen LogP contribution in [0.2, 0.25) is 0 Å². The Labute approximate surface area is 114 Å². The third-order valence-corrected chi connectivity index (χ3v) is 4.93. The van der Waals surface area contributed by atoms with Gasteiger partial charge < -0.3 is 10.3 Å². The van der Waals surface area contributed by atoms with E-state index in [0.717, 1.165) is 12.0 Å². The van der Waals surface area contributed by atoms with Gasteiger partial charge in [-0.1, -0.05) is 54.8 Å². The average Bonchev–Trinajstić information content (AvgIpc) is 2.47. The Kier molecular flexibility index (Phi) is 3.31. The number of hydrogen-bond donors (Lipinski definition) is 2. The van der Waals surface area contributed by atoms with Gasteiger partial charge in [-0.3, -0.25) is 0 Å². The van der Waals surface area contributed by atoms with Gasteiger partial charge in [0.15, 0.2) is 0 Å². The number of oxime groups is 1.